The molecule has 0 bridgehead atoms. The zero-order chi connectivity index (χ0) is 25.2. The predicted octanol–water partition coefficient (Wildman–Crippen LogP) is 1.27. The summed E-state index contributed by atoms with van der Waals surface area (Å²) in [6.45, 7) is 11.1. The van der Waals surface area contributed by atoms with Crippen LogP contribution in [0.25, 0.3) is 10.2 Å². The minimum absolute atomic E-state index is 0.0385. The molecule has 2 aromatic heterocycles. The van der Waals surface area contributed by atoms with Gasteiger partial charge in [-0.15, -0.1) is 11.3 Å². The van der Waals surface area contributed by atoms with Crippen molar-refractivity contribution in [3.05, 3.63) is 21.6 Å². The molecule has 0 aromatic carbocycles. The van der Waals surface area contributed by atoms with Crippen molar-refractivity contribution >= 4 is 37.5 Å². The molecule has 1 amide bonds. The molecule has 4 rings (SSSR count). The topological polar surface area (TPSA) is 114 Å². The maximum Gasteiger partial charge on any atom is 0.263 e. The number of rotatable bonds is 8. The second-order valence-electron chi connectivity index (χ2n) is 9.77. The molecule has 2 aromatic rings. The van der Waals surface area contributed by atoms with Gasteiger partial charge >= 0.3 is 0 Å². The zero-order valence-electron chi connectivity index (χ0n) is 20.7. The number of nitrogens with zero attached hydrogens (tertiary/aromatic N) is 4. The van der Waals surface area contributed by atoms with Crippen molar-refractivity contribution in [1.29, 1.82) is 0 Å². The molecule has 10 nitrogen and oxygen atoms in total. The highest BCUT2D eigenvalue weighted by Gasteiger charge is 2.35. The van der Waals surface area contributed by atoms with Crippen LogP contribution in [0.1, 0.15) is 31.6 Å². The quantitative estimate of drug-likeness (QED) is 0.517. The number of hydrogen-bond donors (Lipinski definition) is 1. The van der Waals surface area contributed by atoms with Gasteiger partial charge in [-0.3, -0.25) is 19.1 Å². The van der Waals surface area contributed by atoms with E-state index < -0.39 is 15.6 Å². The Labute approximate surface area is 210 Å². The number of hydrogen-bond acceptors (Lipinski definition) is 8. The number of ether oxygens (including phenoxy) is 1. The monoisotopic (exact) mass is 525 g/mol. The van der Waals surface area contributed by atoms with E-state index in [2.05, 4.69) is 15.2 Å². The maximum absolute atomic E-state index is 13.6. The summed E-state index contributed by atoms with van der Waals surface area (Å²) in [6, 6.07) is 0. The standard InChI is InChI=1S/C23H35N5O5S2/c1-16-11-17(2)13-28(12-16)35(31,32)21-18(3)34-22-20(21)23(30)27(15-25-22)14-19(29)24-5-4-6-26-7-9-33-10-8-26/h15-17H,4-14H2,1-3H3,(H,24,29)/t16-,17+. The van der Waals surface area contributed by atoms with Crippen molar-refractivity contribution in [2.75, 3.05) is 52.5 Å². The number of nitrogens with one attached hydrogen (secondary N) is 1. The van der Waals surface area contributed by atoms with E-state index in [0.717, 1.165) is 45.7 Å². The van der Waals surface area contributed by atoms with Crippen LogP contribution in [-0.2, 0) is 26.1 Å². The first-order chi connectivity index (χ1) is 16.7. The number of morpholine rings is 1. The lowest BCUT2D eigenvalue weighted by molar-refractivity contribution is -0.121. The summed E-state index contributed by atoms with van der Waals surface area (Å²) >= 11 is 1.20. The number of aryl methyl sites for hydroxylation is 1. The molecular formula is C23H35N5O5S2. The smallest absolute Gasteiger partial charge is 0.263 e. The van der Waals surface area contributed by atoms with Crippen LogP contribution in [0.4, 0.5) is 0 Å². The van der Waals surface area contributed by atoms with Crippen molar-refractivity contribution in [2.24, 2.45) is 11.8 Å². The van der Waals surface area contributed by atoms with Gasteiger partial charge in [-0.1, -0.05) is 13.8 Å². The third kappa shape index (κ3) is 5.93. The Morgan fingerprint density at radius 2 is 1.91 bits per heavy atom. The number of piperidine rings is 1. The Morgan fingerprint density at radius 1 is 1.23 bits per heavy atom. The van der Waals surface area contributed by atoms with E-state index in [1.165, 1.54) is 26.5 Å². The predicted molar refractivity (Wildman–Crippen MR) is 135 cm³/mol. The van der Waals surface area contributed by atoms with E-state index in [9.17, 15) is 18.0 Å². The van der Waals surface area contributed by atoms with Gasteiger partial charge in [0.05, 0.1) is 24.9 Å². The first-order valence-corrected chi connectivity index (χ1v) is 14.5. The number of fused-ring (bicyclic) bond motifs is 1. The lowest BCUT2D eigenvalue weighted by Crippen LogP contribution is -2.43. The van der Waals surface area contributed by atoms with Crippen LogP contribution >= 0.6 is 11.3 Å². The molecule has 2 saturated heterocycles. The first-order valence-electron chi connectivity index (χ1n) is 12.2. The van der Waals surface area contributed by atoms with Crippen LogP contribution in [0.15, 0.2) is 16.0 Å². The van der Waals surface area contributed by atoms with Crippen molar-refractivity contribution in [3.8, 4) is 0 Å². The summed E-state index contributed by atoms with van der Waals surface area (Å²) in [6.07, 6.45) is 3.11. The second kappa shape index (κ2) is 11.0. The summed E-state index contributed by atoms with van der Waals surface area (Å²) < 4.78 is 35.3. The van der Waals surface area contributed by atoms with E-state index in [4.69, 9.17) is 4.74 Å². The van der Waals surface area contributed by atoms with E-state index in [1.54, 1.807) is 6.92 Å². The van der Waals surface area contributed by atoms with Gasteiger partial charge < -0.3 is 10.1 Å². The average Bonchev–Trinajstić information content (AvgIpc) is 3.16. The van der Waals surface area contributed by atoms with Gasteiger partial charge in [0, 0.05) is 37.6 Å². The number of thiophene rings is 1. The first kappa shape index (κ1) is 26.2. The van der Waals surface area contributed by atoms with Crippen molar-refractivity contribution in [3.63, 3.8) is 0 Å². The number of amides is 1. The van der Waals surface area contributed by atoms with Gasteiger partial charge in [0.2, 0.25) is 15.9 Å². The number of carbonyl (C=O) groups is 1. The SMILES string of the molecule is Cc1sc2ncn(CC(=O)NCCCN3CCOCC3)c(=O)c2c1S(=O)(=O)N1C[C@H](C)C[C@H](C)C1. The molecule has 12 heteroatoms. The Bertz CT molecular complexity index is 1210. The minimum atomic E-state index is -3.86. The molecule has 2 atom stereocenters. The fraction of sp³-hybridized carbons (Fsp3) is 0.696. The molecule has 1 N–H and O–H groups in total. The molecule has 0 aliphatic carbocycles. The molecular weight excluding hydrogens is 490 g/mol. The van der Waals surface area contributed by atoms with Gasteiger partial charge in [0.1, 0.15) is 16.3 Å². The summed E-state index contributed by atoms with van der Waals surface area (Å²) in [5.74, 6) is 0.200. The number of sulfonamides is 1. The Kier molecular flexibility index (Phi) is 8.26. The average molecular weight is 526 g/mol. The maximum atomic E-state index is 13.6. The van der Waals surface area contributed by atoms with Crippen LogP contribution < -0.4 is 10.9 Å². The highest BCUT2D eigenvalue weighted by molar-refractivity contribution is 7.89. The molecule has 35 heavy (non-hydrogen) atoms. The second-order valence-corrected chi connectivity index (χ2v) is 12.8. The van der Waals surface area contributed by atoms with Gasteiger partial charge in [-0.2, -0.15) is 4.31 Å². The fourth-order valence-corrected chi connectivity index (χ4v) is 8.38. The summed E-state index contributed by atoms with van der Waals surface area (Å²) in [4.78, 5) is 33.4. The third-order valence-corrected chi connectivity index (χ3v) is 9.77. The summed E-state index contributed by atoms with van der Waals surface area (Å²) in [5, 5.41) is 2.93. The molecule has 0 spiro atoms. The highest BCUT2D eigenvalue weighted by Crippen LogP contribution is 2.35. The fourth-order valence-electron chi connectivity index (χ4n) is 5.03. The van der Waals surface area contributed by atoms with Crippen LogP contribution in [0, 0.1) is 18.8 Å². The Balaban J connectivity index is 1.49. The van der Waals surface area contributed by atoms with Crippen LogP contribution in [0.2, 0.25) is 0 Å². The Morgan fingerprint density at radius 3 is 2.60 bits per heavy atom. The number of carbonyl (C=O) groups excluding carboxylic acids is 1. The van der Waals surface area contributed by atoms with Crippen LogP contribution in [-0.4, -0.2) is 85.6 Å². The van der Waals surface area contributed by atoms with Gasteiger partial charge in [0.25, 0.3) is 5.56 Å². The normalized spacial score (nSPS) is 22.5. The van der Waals surface area contributed by atoms with E-state index >= 15 is 0 Å². The lowest BCUT2D eigenvalue weighted by atomic mass is 9.94. The molecule has 4 heterocycles. The van der Waals surface area contributed by atoms with E-state index in [1.807, 2.05) is 13.8 Å². The summed E-state index contributed by atoms with van der Waals surface area (Å²) in [7, 11) is -3.86. The Hall–Kier alpha value is -1.86. The van der Waals surface area contributed by atoms with Crippen molar-refractivity contribution in [1.82, 2.24) is 24.1 Å². The molecule has 2 aliphatic rings. The minimum Gasteiger partial charge on any atom is -0.379 e. The molecule has 2 aliphatic heterocycles. The molecule has 194 valence electrons. The van der Waals surface area contributed by atoms with Gasteiger partial charge in [0.15, 0.2) is 0 Å². The summed E-state index contributed by atoms with van der Waals surface area (Å²) in [5.41, 5.74) is -0.500. The number of aromatic nitrogens is 2. The third-order valence-electron chi connectivity index (χ3n) is 6.62. The largest absolute Gasteiger partial charge is 0.379 e. The molecule has 0 radical (unpaired) electrons. The lowest BCUT2D eigenvalue weighted by Gasteiger charge is -2.34. The van der Waals surface area contributed by atoms with Gasteiger partial charge in [-0.05, 0) is 38.1 Å². The van der Waals surface area contributed by atoms with Gasteiger partial charge in [-0.25, -0.2) is 13.4 Å². The van der Waals surface area contributed by atoms with E-state index in [-0.39, 0.29) is 34.6 Å². The van der Waals surface area contributed by atoms with Crippen molar-refractivity contribution < 1.29 is 17.9 Å². The van der Waals surface area contributed by atoms with Crippen LogP contribution in [0.5, 0.6) is 0 Å². The molecule has 2 fully saturated rings. The highest BCUT2D eigenvalue weighted by atomic mass is 32.2. The van der Waals surface area contributed by atoms with Crippen molar-refractivity contribution in [2.45, 2.75) is 45.1 Å². The zero-order valence-corrected chi connectivity index (χ0v) is 22.3. The molecule has 0 unspecified atom stereocenters. The van der Waals surface area contributed by atoms with E-state index in [0.29, 0.717) is 29.3 Å². The van der Waals surface area contributed by atoms with Crippen LogP contribution in [0.3, 0.4) is 0 Å². The molecule has 0 saturated carbocycles.